The molecule has 0 N–H and O–H groups in total. The molecule has 18 heavy (non-hydrogen) atoms. The van der Waals surface area contributed by atoms with Gasteiger partial charge < -0.3 is 14.0 Å². The summed E-state index contributed by atoms with van der Waals surface area (Å²) in [6.07, 6.45) is 1.81. The lowest BCUT2D eigenvalue weighted by atomic mass is 10.3. The van der Waals surface area contributed by atoms with Crippen LogP contribution in [0, 0.1) is 22.7 Å². The Bertz CT molecular complexity index is 450. The predicted molar refractivity (Wildman–Crippen MR) is 63.3 cm³/mol. The molecule has 6 nitrogen and oxygen atoms in total. The summed E-state index contributed by atoms with van der Waals surface area (Å²) in [5.74, 6) is 0. The number of aryl methyl sites for hydroxylation is 1. The van der Waals surface area contributed by atoms with E-state index in [0.717, 1.165) is 0 Å². The first-order valence-electron chi connectivity index (χ1n) is 5.85. The van der Waals surface area contributed by atoms with E-state index >= 15 is 0 Å². The van der Waals surface area contributed by atoms with Crippen LogP contribution in [0.25, 0.3) is 0 Å². The van der Waals surface area contributed by atoms with Crippen molar-refractivity contribution >= 4 is 0 Å². The summed E-state index contributed by atoms with van der Waals surface area (Å²) >= 11 is 0. The van der Waals surface area contributed by atoms with E-state index in [4.69, 9.17) is 20.0 Å². The lowest BCUT2D eigenvalue weighted by Crippen LogP contribution is -2.19. The highest BCUT2D eigenvalue weighted by Crippen LogP contribution is 2.09. The van der Waals surface area contributed by atoms with Crippen molar-refractivity contribution in [1.29, 1.82) is 10.5 Å². The van der Waals surface area contributed by atoms with Gasteiger partial charge in [0.2, 0.25) is 0 Å². The minimum absolute atomic E-state index is 0.155. The monoisotopic (exact) mass is 248 g/mol. The Hall–Kier alpha value is -1.89. The Morgan fingerprint density at radius 2 is 1.94 bits per heavy atom. The van der Waals surface area contributed by atoms with Crippen LogP contribution >= 0.6 is 0 Å². The van der Waals surface area contributed by atoms with Crippen molar-refractivity contribution in [2.45, 2.75) is 33.1 Å². The molecule has 0 atom stereocenters. The highest BCUT2D eigenvalue weighted by molar-refractivity contribution is 5.35. The van der Waals surface area contributed by atoms with Crippen molar-refractivity contribution in [2.24, 2.45) is 0 Å². The number of nitriles is 2. The molecule has 0 fully saturated rings. The van der Waals surface area contributed by atoms with Crippen LogP contribution in [0.2, 0.25) is 0 Å². The predicted octanol–water partition coefficient (Wildman–Crippen LogP) is 1.42. The maximum Gasteiger partial charge on any atom is 0.176 e. The highest BCUT2D eigenvalue weighted by Gasteiger charge is 2.13. The van der Waals surface area contributed by atoms with Crippen molar-refractivity contribution in [3.8, 4) is 12.1 Å². The van der Waals surface area contributed by atoms with Crippen LogP contribution in [0.3, 0.4) is 0 Å². The Kier molecular flexibility index (Phi) is 5.86. The Morgan fingerprint density at radius 3 is 2.44 bits per heavy atom. The van der Waals surface area contributed by atoms with Gasteiger partial charge in [-0.3, -0.25) is 0 Å². The van der Waals surface area contributed by atoms with Crippen LogP contribution in [0.1, 0.15) is 31.7 Å². The van der Waals surface area contributed by atoms with Gasteiger partial charge in [0.1, 0.15) is 12.1 Å². The summed E-state index contributed by atoms with van der Waals surface area (Å²) < 4.78 is 12.5. The lowest BCUT2D eigenvalue weighted by molar-refractivity contribution is -0.140. The van der Waals surface area contributed by atoms with E-state index in [-0.39, 0.29) is 17.7 Å². The second-order valence-electron chi connectivity index (χ2n) is 3.49. The van der Waals surface area contributed by atoms with E-state index in [1.54, 1.807) is 4.57 Å². The van der Waals surface area contributed by atoms with Crippen molar-refractivity contribution in [3.63, 3.8) is 0 Å². The van der Waals surface area contributed by atoms with E-state index in [9.17, 15) is 0 Å². The topological polar surface area (TPSA) is 83.9 Å². The number of ether oxygens (including phenoxy) is 2. The molecule has 0 aliphatic heterocycles. The van der Waals surface area contributed by atoms with E-state index in [1.165, 1.54) is 6.33 Å². The summed E-state index contributed by atoms with van der Waals surface area (Å²) in [5.41, 5.74) is 0.436. The first-order chi connectivity index (χ1) is 8.76. The molecule has 0 spiro atoms. The summed E-state index contributed by atoms with van der Waals surface area (Å²) in [4.78, 5) is 3.87. The molecule has 1 heterocycles. The number of hydrogen-bond donors (Lipinski definition) is 0. The van der Waals surface area contributed by atoms with Gasteiger partial charge in [-0.15, -0.1) is 0 Å². The van der Waals surface area contributed by atoms with Crippen molar-refractivity contribution in [3.05, 3.63) is 17.7 Å². The van der Waals surface area contributed by atoms with Gasteiger partial charge in [-0.1, -0.05) is 0 Å². The molecule has 1 aromatic rings. The molecule has 0 bridgehead atoms. The van der Waals surface area contributed by atoms with Gasteiger partial charge in [-0.25, -0.2) is 4.98 Å². The number of hydrogen-bond acceptors (Lipinski definition) is 5. The maximum atomic E-state index is 8.97. The van der Waals surface area contributed by atoms with Gasteiger partial charge in [-0.2, -0.15) is 10.5 Å². The molecular formula is C12H16N4O2. The Balaban J connectivity index is 2.65. The average molecular weight is 248 g/mol. The van der Waals surface area contributed by atoms with Gasteiger partial charge in [-0.05, 0) is 13.8 Å². The summed E-state index contributed by atoms with van der Waals surface area (Å²) in [7, 11) is 0. The van der Waals surface area contributed by atoms with Gasteiger partial charge in [0.05, 0.1) is 6.33 Å². The van der Waals surface area contributed by atoms with Crippen LogP contribution in [0.4, 0.5) is 0 Å². The molecule has 96 valence electrons. The molecule has 0 amide bonds. The Morgan fingerprint density at radius 1 is 1.28 bits per heavy atom. The van der Waals surface area contributed by atoms with Crippen LogP contribution in [0.15, 0.2) is 6.33 Å². The first kappa shape index (κ1) is 14.2. The van der Waals surface area contributed by atoms with Crippen LogP contribution in [-0.2, 0) is 16.0 Å². The average Bonchev–Trinajstić information content (AvgIpc) is 2.78. The fourth-order valence-corrected chi connectivity index (χ4v) is 1.58. The van der Waals surface area contributed by atoms with Crippen molar-refractivity contribution in [1.82, 2.24) is 9.55 Å². The van der Waals surface area contributed by atoms with E-state index in [2.05, 4.69) is 4.98 Å². The maximum absolute atomic E-state index is 8.97. The summed E-state index contributed by atoms with van der Waals surface area (Å²) in [6.45, 7) is 5.48. The van der Waals surface area contributed by atoms with E-state index in [0.29, 0.717) is 26.2 Å². The highest BCUT2D eigenvalue weighted by atomic mass is 16.7. The molecule has 1 rings (SSSR count). The number of rotatable bonds is 7. The second kappa shape index (κ2) is 7.44. The van der Waals surface area contributed by atoms with Gasteiger partial charge in [0, 0.05) is 26.2 Å². The van der Waals surface area contributed by atoms with Gasteiger partial charge in [0.25, 0.3) is 0 Å². The zero-order valence-corrected chi connectivity index (χ0v) is 10.6. The molecular weight excluding hydrogens is 232 g/mol. The number of aromatic nitrogens is 2. The minimum Gasteiger partial charge on any atom is -0.353 e. The summed E-state index contributed by atoms with van der Waals surface area (Å²) in [5, 5.41) is 17.7. The minimum atomic E-state index is -0.292. The summed E-state index contributed by atoms with van der Waals surface area (Å²) in [6, 6.07) is 3.87. The molecule has 0 radical (unpaired) electrons. The molecule has 0 aromatic carbocycles. The molecule has 1 aromatic heterocycles. The smallest absolute Gasteiger partial charge is 0.176 e. The van der Waals surface area contributed by atoms with Crippen LogP contribution in [-0.4, -0.2) is 29.1 Å². The third-order valence-corrected chi connectivity index (χ3v) is 2.36. The zero-order chi connectivity index (χ0) is 13.4. The molecule has 6 heteroatoms. The third kappa shape index (κ3) is 3.56. The molecule has 0 unspecified atom stereocenters. The first-order valence-corrected chi connectivity index (χ1v) is 5.85. The normalized spacial score (nSPS) is 10.3. The quantitative estimate of drug-likeness (QED) is 0.681. The number of imidazole rings is 1. The molecule has 0 aliphatic carbocycles. The lowest BCUT2D eigenvalue weighted by Gasteiger charge is -2.17. The zero-order valence-electron chi connectivity index (χ0n) is 10.6. The van der Waals surface area contributed by atoms with Crippen molar-refractivity contribution in [2.75, 3.05) is 13.2 Å². The van der Waals surface area contributed by atoms with Gasteiger partial charge in [0.15, 0.2) is 17.7 Å². The molecule has 0 aliphatic rings. The second-order valence-corrected chi connectivity index (χ2v) is 3.49. The number of nitrogens with zero attached hydrogens (tertiary/aromatic N) is 4. The SMILES string of the molecule is CCOC(CCn1cnc(C#N)c1C#N)OCC. The standard InChI is InChI=1S/C12H16N4O2/c1-3-17-12(18-4-2)5-6-16-9-15-10(7-13)11(16)8-14/h9,12H,3-6H2,1-2H3. The fraction of sp³-hybridized carbons (Fsp3) is 0.583. The van der Waals surface area contributed by atoms with Crippen LogP contribution in [0.5, 0.6) is 0 Å². The van der Waals surface area contributed by atoms with E-state index < -0.39 is 0 Å². The Labute approximate surface area is 106 Å². The van der Waals surface area contributed by atoms with E-state index in [1.807, 2.05) is 26.0 Å². The largest absolute Gasteiger partial charge is 0.353 e. The fourth-order valence-electron chi connectivity index (χ4n) is 1.58. The molecule has 0 saturated heterocycles. The van der Waals surface area contributed by atoms with Crippen molar-refractivity contribution < 1.29 is 9.47 Å². The third-order valence-electron chi connectivity index (χ3n) is 2.36. The molecule has 0 saturated carbocycles. The van der Waals surface area contributed by atoms with Crippen LogP contribution < -0.4 is 0 Å². The van der Waals surface area contributed by atoms with Gasteiger partial charge >= 0.3 is 0 Å².